The highest BCUT2D eigenvalue weighted by molar-refractivity contribution is 6.02. The van der Waals surface area contributed by atoms with E-state index in [4.69, 9.17) is 9.73 Å². The maximum absolute atomic E-state index is 5.37. The third kappa shape index (κ3) is 3.41. The van der Waals surface area contributed by atoms with Gasteiger partial charge in [0.25, 0.3) is 0 Å². The molecule has 0 saturated heterocycles. The summed E-state index contributed by atoms with van der Waals surface area (Å²) in [4.78, 5) is 7.52. The van der Waals surface area contributed by atoms with Gasteiger partial charge < -0.3 is 9.64 Å². The molecular formula is C24H28N4O. The first-order valence-corrected chi connectivity index (χ1v) is 10.1. The third-order valence-electron chi connectivity index (χ3n) is 5.33. The quantitative estimate of drug-likeness (QED) is 0.590. The summed E-state index contributed by atoms with van der Waals surface area (Å²) in [5, 5.41) is 4.69. The van der Waals surface area contributed by atoms with Crippen molar-refractivity contribution < 1.29 is 4.74 Å². The van der Waals surface area contributed by atoms with Crippen molar-refractivity contribution in [2.45, 2.75) is 45.8 Å². The molecule has 2 heterocycles. The van der Waals surface area contributed by atoms with E-state index in [1.807, 2.05) is 29.1 Å². The fourth-order valence-electron chi connectivity index (χ4n) is 3.96. The Morgan fingerprint density at radius 1 is 0.897 bits per heavy atom. The lowest BCUT2D eigenvalue weighted by atomic mass is 9.94. The average Bonchev–Trinajstić information content (AvgIpc) is 3.17. The monoisotopic (exact) mass is 388 g/mol. The van der Waals surface area contributed by atoms with Gasteiger partial charge in [-0.15, -0.1) is 0 Å². The second-order valence-electron chi connectivity index (χ2n) is 7.94. The molecule has 0 spiro atoms. The highest BCUT2D eigenvalue weighted by Crippen LogP contribution is 2.42. The molecule has 1 aliphatic heterocycles. The van der Waals surface area contributed by atoms with Gasteiger partial charge in [0.15, 0.2) is 5.82 Å². The minimum atomic E-state index is 0.0381. The summed E-state index contributed by atoms with van der Waals surface area (Å²) >= 11 is 0. The minimum absolute atomic E-state index is 0.0381. The molecule has 5 heteroatoms. The van der Waals surface area contributed by atoms with Gasteiger partial charge in [-0.3, -0.25) is 0 Å². The van der Waals surface area contributed by atoms with Crippen LogP contribution in [0.15, 0.2) is 65.8 Å². The SMILES string of the molecule is COc1ccc(C2c3cnn(C(C)C)c3N=C(c3ccccc3)N2C(C)C)cc1. The number of hydrogen-bond acceptors (Lipinski definition) is 4. The zero-order valence-electron chi connectivity index (χ0n) is 17.7. The van der Waals surface area contributed by atoms with Gasteiger partial charge in [0.2, 0.25) is 0 Å². The molecule has 29 heavy (non-hydrogen) atoms. The van der Waals surface area contributed by atoms with Crippen molar-refractivity contribution in [3.05, 3.63) is 77.5 Å². The number of benzene rings is 2. The van der Waals surface area contributed by atoms with Gasteiger partial charge in [-0.1, -0.05) is 42.5 Å². The topological polar surface area (TPSA) is 42.6 Å². The molecule has 150 valence electrons. The standard InChI is InChI=1S/C24H28N4O/c1-16(2)27-22(18-11-13-20(29-5)14-12-18)21-15-25-28(17(3)4)24(21)26-23(27)19-9-7-6-8-10-19/h6-17,22H,1-5H3. The highest BCUT2D eigenvalue weighted by Gasteiger charge is 2.36. The number of methoxy groups -OCH3 is 1. The van der Waals surface area contributed by atoms with E-state index >= 15 is 0 Å². The van der Waals surface area contributed by atoms with Crippen molar-refractivity contribution in [2.75, 3.05) is 7.11 Å². The summed E-state index contributed by atoms with van der Waals surface area (Å²) < 4.78 is 7.39. The first-order valence-electron chi connectivity index (χ1n) is 10.1. The van der Waals surface area contributed by atoms with Crippen LogP contribution in [0.1, 0.15) is 56.5 Å². The molecule has 1 unspecified atom stereocenters. The number of aromatic nitrogens is 2. The van der Waals surface area contributed by atoms with E-state index in [-0.39, 0.29) is 18.1 Å². The summed E-state index contributed by atoms with van der Waals surface area (Å²) in [7, 11) is 1.70. The Labute approximate surface area is 172 Å². The van der Waals surface area contributed by atoms with Crippen LogP contribution < -0.4 is 4.74 Å². The van der Waals surface area contributed by atoms with Crippen LogP contribution in [-0.4, -0.2) is 33.7 Å². The molecule has 4 rings (SSSR count). The maximum Gasteiger partial charge on any atom is 0.158 e. The Kier molecular flexibility index (Phi) is 5.14. The molecular weight excluding hydrogens is 360 g/mol. The Morgan fingerprint density at radius 3 is 2.17 bits per heavy atom. The molecule has 0 bridgehead atoms. The van der Waals surface area contributed by atoms with Crippen molar-refractivity contribution in [3.8, 4) is 5.75 Å². The highest BCUT2D eigenvalue weighted by atomic mass is 16.5. The second kappa shape index (κ2) is 7.74. The lowest BCUT2D eigenvalue weighted by molar-refractivity contribution is 0.292. The number of aliphatic imine (C=N–C) groups is 1. The summed E-state index contributed by atoms with van der Waals surface area (Å²) in [6.07, 6.45) is 1.98. The van der Waals surface area contributed by atoms with Crippen molar-refractivity contribution in [1.29, 1.82) is 0 Å². The van der Waals surface area contributed by atoms with Crippen LogP contribution in [0.2, 0.25) is 0 Å². The van der Waals surface area contributed by atoms with Gasteiger partial charge in [0.05, 0.1) is 19.3 Å². The molecule has 0 aliphatic carbocycles. The Hall–Kier alpha value is -3.08. The largest absolute Gasteiger partial charge is 0.497 e. The van der Waals surface area contributed by atoms with Gasteiger partial charge in [0, 0.05) is 23.2 Å². The first-order chi connectivity index (χ1) is 14.0. The van der Waals surface area contributed by atoms with E-state index in [2.05, 4.69) is 74.1 Å². The molecule has 1 aromatic heterocycles. The normalized spacial score (nSPS) is 16.2. The molecule has 0 fully saturated rings. The zero-order valence-corrected chi connectivity index (χ0v) is 17.7. The number of hydrogen-bond donors (Lipinski definition) is 0. The van der Waals surface area contributed by atoms with Crippen LogP contribution in [0.5, 0.6) is 5.75 Å². The lowest BCUT2D eigenvalue weighted by Gasteiger charge is -2.40. The molecule has 0 amide bonds. The fourth-order valence-corrected chi connectivity index (χ4v) is 3.96. The molecule has 1 aliphatic rings. The van der Waals surface area contributed by atoms with Crippen molar-refractivity contribution in [2.24, 2.45) is 4.99 Å². The van der Waals surface area contributed by atoms with Crippen LogP contribution in [0.3, 0.4) is 0 Å². The summed E-state index contributed by atoms with van der Waals surface area (Å²) in [5.41, 5.74) is 3.45. The lowest BCUT2D eigenvalue weighted by Crippen LogP contribution is -2.42. The predicted octanol–water partition coefficient (Wildman–Crippen LogP) is 5.36. The smallest absolute Gasteiger partial charge is 0.158 e. The second-order valence-corrected chi connectivity index (χ2v) is 7.94. The van der Waals surface area contributed by atoms with Gasteiger partial charge in [-0.2, -0.15) is 5.10 Å². The number of fused-ring (bicyclic) bond motifs is 1. The number of amidine groups is 1. The van der Waals surface area contributed by atoms with E-state index in [1.165, 1.54) is 5.56 Å². The van der Waals surface area contributed by atoms with E-state index < -0.39 is 0 Å². The van der Waals surface area contributed by atoms with Gasteiger partial charge in [-0.25, -0.2) is 9.67 Å². The molecule has 0 saturated carbocycles. The maximum atomic E-state index is 5.37. The van der Waals surface area contributed by atoms with Crippen molar-refractivity contribution in [3.63, 3.8) is 0 Å². The minimum Gasteiger partial charge on any atom is -0.497 e. The first kappa shape index (κ1) is 19.2. The number of ether oxygens (including phenoxy) is 1. The van der Waals surface area contributed by atoms with Crippen LogP contribution in [-0.2, 0) is 0 Å². The van der Waals surface area contributed by atoms with Crippen LogP contribution in [0, 0.1) is 0 Å². The van der Waals surface area contributed by atoms with Crippen molar-refractivity contribution in [1.82, 2.24) is 14.7 Å². The zero-order chi connectivity index (χ0) is 20.5. The molecule has 5 nitrogen and oxygen atoms in total. The van der Waals surface area contributed by atoms with Gasteiger partial charge >= 0.3 is 0 Å². The predicted molar refractivity (Wildman–Crippen MR) is 117 cm³/mol. The molecule has 2 aromatic carbocycles. The summed E-state index contributed by atoms with van der Waals surface area (Å²) in [6, 6.07) is 19.3. The van der Waals surface area contributed by atoms with Crippen molar-refractivity contribution >= 4 is 11.7 Å². The molecule has 3 aromatic rings. The fraction of sp³-hybridized carbons (Fsp3) is 0.333. The summed E-state index contributed by atoms with van der Waals surface area (Å²) in [6.45, 7) is 8.71. The molecule has 0 N–H and O–H groups in total. The molecule has 0 radical (unpaired) electrons. The van der Waals surface area contributed by atoms with E-state index in [9.17, 15) is 0 Å². The number of rotatable bonds is 5. The third-order valence-corrected chi connectivity index (χ3v) is 5.33. The Morgan fingerprint density at radius 2 is 1.59 bits per heavy atom. The summed E-state index contributed by atoms with van der Waals surface area (Å²) in [5.74, 6) is 2.78. The van der Waals surface area contributed by atoms with E-state index in [0.717, 1.165) is 28.5 Å². The Balaban J connectivity index is 1.94. The van der Waals surface area contributed by atoms with Gasteiger partial charge in [-0.05, 0) is 45.4 Å². The van der Waals surface area contributed by atoms with E-state index in [1.54, 1.807) is 7.11 Å². The van der Waals surface area contributed by atoms with Crippen LogP contribution in [0.4, 0.5) is 5.82 Å². The van der Waals surface area contributed by atoms with Crippen LogP contribution >= 0.6 is 0 Å². The number of nitrogens with zero attached hydrogens (tertiary/aromatic N) is 4. The van der Waals surface area contributed by atoms with Crippen LogP contribution in [0.25, 0.3) is 0 Å². The van der Waals surface area contributed by atoms with Gasteiger partial charge in [0.1, 0.15) is 11.6 Å². The average molecular weight is 389 g/mol. The molecule has 1 atom stereocenters. The van der Waals surface area contributed by atoms with E-state index in [0.29, 0.717) is 0 Å². The Bertz CT molecular complexity index is 1000.